The van der Waals surface area contributed by atoms with Crippen molar-refractivity contribution in [1.82, 2.24) is 9.99 Å². The first kappa shape index (κ1) is 26.4. The van der Waals surface area contributed by atoms with Crippen LogP contribution >= 0.6 is 22.6 Å². The topological polar surface area (TPSA) is 55.6 Å². The molecule has 0 atom stereocenters. The summed E-state index contributed by atoms with van der Waals surface area (Å²) >= 11 is 2.19. The van der Waals surface area contributed by atoms with Crippen molar-refractivity contribution >= 4 is 34.7 Å². The third-order valence-electron chi connectivity index (χ3n) is 6.18. The van der Waals surface area contributed by atoms with Crippen LogP contribution < -0.4 is 10.2 Å². The zero-order chi connectivity index (χ0) is 27.2. The van der Waals surface area contributed by atoms with Gasteiger partial charge in [-0.3, -0.25) is 4.79 Å². The van der Waals surface area contributed by atoms with E-state index in [1.165, 1.54) is 12.1 Å². The summed E-state index contributed by atoms with van der Waals surface area (Å²) in [5, 5.41) is 4.12. The van der Waals surface area contributed by atoms with Gasteiger partial charge < -0.3 is 9.30 Å². The Morgan fingerprint density at radius 2 is 1.69 bits per heavy atom. The smallest absolute Gasteiger partial charge is 0.271 e. The van der Waals surface area contributed by atoms with E-state index in [1.54, 1.807) is 30.5 Å². The van der Waals surface area contributed by atoms with E-state index in [0.29, 0.717) is 12.2 Å². The van der Waals surface area contributed by atoms with E-state index in [4.69, 9.17) is 4.74 Å². The van der Waals surface area contributed by atoms with Crippen LogP contribution in [0.25, 0.3) is 16.9 Å². The van der Waals surface area contributed by atoms with E-state index in [1.807, 2.05) is 48.5 Å². The van der Waals surface area contributed by atoms with Crippen LogP contribution in [-0.2, 0) is 6.61 Å². The highest BCUT2D eigenvalue weighted by Gasteiger charge is 2.11. The van der Waals surface area contributed by atoms with Crippen LogP contribution in [0.4, 0.5) is 4.39 Å². The number of nitrogens with one attached hydrogen (secondary N) is 1. The third-order valence-corrected chi connectivity index (χ3v) is 7.02. The Morgan fingerprint density at radius 3 is 2.41 bits per heavy atom. The van der Waals surface area contributed by atoms with Gasteiger partial charge in [-0.1, -0.05) is 42.5 Å². The van der Waals surface area contributed by atoms with Crippen LogP contribution in [0.15, 0.2) is 114 Å². The van der Waals surface area contributed by atoms with E-state index in [2.05, 4.69) is 68.9 Å². The SMILES string of the molecule is Cc1ccc(-c2ccccc2)n1-c1ccc(C(=O)N/N=C/c2ccc(OCc3ccc(F)cc3)c(I)c2)cc1. The molecule has 39 heavy (non-hydrogen) atoms. The van der Waals surface area contributed by atoms with Gasteiger partial charge in [-0.2, -0.15) is 5.10 Å². The highest BCUT2D eigenvalue weighted by molar-refractivity contribution is 14.1. The second-order valence-electron chi connectivity index (χ2n) is 8.91. The molecule has 5 nitrogen and oxygen atoms in total. The minimum absolute atomic E-state index is 0.273. The van der Waals surface area contributed by atoms with E-state index in [9.17, 15) is 9.18 Å². The molecule has 5 rings (SSSR count). The molecule has 1 N–H and O–H groups in total. The molecule has 0 radical (unpaired) electrons. The fourth-order valence-electron chi connectivity index (χ4n) is 4.16. The van der Waals surface area contributed by atoms with Crippen molar-refractivity contribution in [2.24, 2.45) is 5.10 Å². The van der Waals surface area contributed by atoms with Gasteiger partial charge >= 0.3 is 0 Å². The van der Waals surface area contributed by atoms with Crippen molar-refractivity contribution in [2.75, 3.05) is 0 Å². The number of carbonyl (C=O) groups is 1. The summed E-state index contributed by atoms with van der Waals surface area (Å²) < 4.78 is 22.0. The maximum atomic E-state index is 13.1. The Bertz CT molecular complexity index is 1610. The molecule has 1 aromatic heterocycles. The van der Waals surface area contributed by atoms with Gasteiger partial charge in [0.25, 0.3) is 5.91 Å². The Labute approximate surface area is 240 Å². The van der Waals surface area contributed by atoms with Gasteiger partial charge in [-0.15, -0.1) is 0 Å². The summed E-state index contributed by atoms with van der Waals surface area (Å²) in [7, 11) is 0. The number of rotatable bonds is 8. The first-order valence-corrected chi connectivity index (χ1v) is 13.4. The van der Waals surface area contributed by atoms with Crippen molar-refractivity contribution in [2.45, 2.75) is 13.5 Å². The number of aryl methyl sites for hydroxylation is 1. The first-order valence-electron chi connectivity index (χ1n) is 12.3. The quantitative estimate of drug-likeness (QED) is 0.110. The number of ether oxygens (including phenoxy) is 1. The zero-order valence-corrected chi connectivity index (χ0v) is 23.3. The highest BCUT2D eigenvalue weighted by atomic mass is 127. The molecule has 0 bridgehead atoms. The number of aromatic nitrogens is 1. The molecular formula is C32H25FIN3O2. The monoisotopic (exact) mass is 629 g/mol. The van der Waals surface area contributed by atoms with Gasteiger partial charge in [-0.25, -0.2) is 9.82 Å². The van der Waals surface area contributed by atoms with Crippen LogP contribution in [-0.4, -0.2) is 16.7 Å². The minimum Gasteiger partial charge on any atom is -0.488 e. The lowest BCUT2D eigenvalue weighted by Gasteiger charge is -2.12. The molecule has 7 heteroatoms. The minimum atomic E-state index is -0.292. The number of halogens is 2. The van der Waals surface area contributed by atoms with Crippen molar-refractivity contribution in [1.29, 1.82) is 0 Å². The van der Waals surface area contributed by atoms with E-state index in [-0.39, 0.29) is 11.7 Å². The summed E-state index contributed by atoms with van der Waals surface area (Å²) in [5.41, 5.74) is 9.12. The molecule has 4 aromatic carbocycles. The van der Waals surface area contributed by atoms with Crippen molar-refractivity contribution in [3.05, 3.63) is 141 Å². The molecular weight excluding hydrogens is 604 g/mol. The number of nitrogens with zero attached hydrogens (tertiary/aromatic N) is 2. The van der Waals surface area contributed by atoms with Crippen LogP contribution in [0.2, 0.25) is 0 Å². The number of benzene rings is 4. The van der Waals surface area contributed by atoms with Crippen LogP contribution in [0.3, 0.4) is 0 Å². The molecule has 0 aliphatic carbocycles. The largest absolute Gasteiger partial charge is 0.488 e. The Hall–Kier alpha value is -4.24. The Balaban J connectivity index is 1.20. The lowest BCUT2D eigenvalue weighted by atomic mass is 10.1. The highest BCUT2D eigenvalue weighted by Crippen LogP contribution is 2.26. The van der Waals surface area contributed by atoms with Gasteiger partial charge in [0, 0.05) is 16.9 Å². The Kier molecular flexibility index (Phi) is 8.17. The fraction of sp³-hybridized carbons (Fsp3) is 0.0625. The second-order valence-corrected chi connectivity index (χ2v) is 10.1. The number of amides is 1. The van der Waals surface area contributed by atoms with Crippen LogP contribution in [0.5, 0.6) is 5.75 Å². The normalized spacial score (nSPS) is 11.1. The molecule has 5 aromatic rings. The molecule has 1 amide bonds. The standard InChI is InChI=1S/C32H25FIN3O2/c1-22-7-17-30(25-5-3-2-4-6-25)37(22)28-15-11-26(12-16-28)32(38)36-35-20-24-10-18-31(29(34)19-24)39-21-23-8-13-27(33)14-9-23/h2-20H,21H2,1H3,(H,36,38)/b35-20+. The fourth-order valence-corrected chi connectivity index (χ4v) is 4.86. The van der Waals surface area contributed by atoms with Gasteiger partial charge in [0.1, 0.15) is 18.2 Å². The first-order chi connectivity index (χ1) is 19.0. The number of hydrogen-bond donors (Lipinski definition) is 1. The summed E-state index contributed by atoms with van der Waals surface area (Å²) in [6.07, 6.45) is 1.59. The average molecular weight is 629 g/mol. The van der Waals surface area contributed by atoms with E-state index in [0.717, 1.165) is 43.1 Å². The van der Waals surface area contributed by atoms with Gasteiger partial charge in [-0.05, 0) is 113 Å². The van der Waals surface area contributed by atoms with Gasteiger partial charge in [0.2, 0.25) is 0 Å². The zero-order valence-electron chi connectivity index (χ0n) is 21.1. The number of carbonyl (C=O) groups excluding carboxylic acids is 1. The molecule has 0 spiro atoms. The van der Waals surface area contributed by atoms with Gasteiger partial charge in [0.15, 0.2) is 0 Å². The molecule has 0 aliphatic heterocycles. The summed E-state index contributed by atoms with van der Waals surface area (Å²) in [4.78, 5) is 12.7. The molecule has 0 saturated heterocycles. The predicted octanol–water partition coefficient (Wildman–Crippen LogP) is 7.54. The maximum absolute atomic E-state index is 13.1. The lowest BCUT2D eigenvalue weighted by Crippen LogP contribution is -2.17. The molecule has 0 aliphatic rings. The number of hydrazone groups is 1. The van der Waals surface area contributed by atoms with E-state index < -0.39 is 0 Å². The van der Waals surface area contributed by atoms with Crippen molar-refractivity contribution in [3.63, 3.8) is 0 Å². The summed E-state index contributed by atoms with van der Waals surface area (Å²) in [5.74, 6) is 0.152. The van der Waals surface area contributed by atoms with E-state index >= 15 is 0 Å². The predicted molar refractivity (Wildman–Crippen MR) is 161 cm³/mol. The number of hydrogen-bond acceptors (Lipinski definition) is 3. The van der Waals surface area contributed by atoms with Crippen molar-refractivity contribution < 1.29 is 13.9 Å². The average Bonchev–Trinajstić information content (AvgIpc) is 3.35. The Morgan fingerprint density at radius 1 is 0.949 bits per heavy atom. The van der Waals surface area contributed by atoms with Gasteiger partial charge in [0.05, 0.1) is 15.5 Å². The molecule has 0 unspecified atom stereocenters. The summed E-state index contributed by atoms with van der Waals surface area (Å²) in [6, 6.07) is 33.7. The summed E-state index contributed by atoms with van der Waals surface area (Å²) in [6.45, 7) is 2.41. The van der Waals surface area contributed by atoms with Crippen LogP contribution in [0, 0.1) is 16.3 Å². The molecule has 0 saturated carbocycles. The second kappa shape index (κ2) is 12.1. The van der Waals surface area contributed by atoms with Crippen molar-refractivity contribution in [3.8, 4) is 22.7 Å². The molecule has 1 heterocycles. The molecule has 0 fully saturated rings. The van der Waals surface area contributed by atoms with Crippen LogP contribution in [0.1, 0.15) is 27.2 Å². The third kappa shape index (κ3) is 6.43. The lowest BCUT2D eigenvalue weighted by molar-refractivity contribution is 0.0955. The molecule has 194 valence electrons. The maximum Gasteiger partial charge on any atom is 0.271 e.